The van der Waals surface area contributed by atoms with Crippen LogP contribution in [0.15, 0.2) is 24.3 Å². The molecule has 4 heteroatoms. The highest BCUT2D eigenvalue weighted by Crippen LogP contribution is 2.08. The molecule has 0 saturated heterocycles. The fourth-order valence-electron chi connectivity index (χ4n) is 1.14. The fraction of sp³-hybridized carbons (Fsp3) is 0.273. The Morgan fingerprint density at radius 3 is 2.20 bits per heavy atom. The molecule has 80 valence electrons. The average molecular weight is 210 g/mol. The van der Waals surface area contributed by atoms with Gasteiger partial charge < -0.3 is 4.74 Å². The minimum atomic E-state index is -0.669. The standard InChI is InChI=1S/C11H11FO3/c1-15-11(14)9-4-2-8(3-5-9)10(13)6-7-12/h2-5H,6-7H2,1H3. The summed E-state index contributed by atoms with van der Waals surface area (Å²) in [5.41, 5.74) is 0.773. The zero-order chi connectivity index (χ0) is 11.3. The number of hydrogen-bond acceptors (Lipinski definition) is 3. The second-order valence-corrected chi connectivity index (χ2v) is 2.93. The van der Waals surface area contributed by atoms with Crippen LogP contribution in [0.1, 0.15) is 27.1 Å². The maximum Gasteiger partial charge on any atom is 0.337 e. The van der Waals surface area contributed by atoms with Gasteiger partial charge in [0.25, 0.3) is 0 Å². The Morgan fingerprint density at radius 2 is 1.73 bits per heavy atom. The number of halogens is 1. The van der Waals surface area contributed by atoms with E-state index in [1.54, 1.807) is 0 Å². The fourth-order valence-corrected chi connectivity index (χ4v) is 1.14. The molecule has 1 rings (SSSR count). The van der Waals surface area contributed by atoms with Crippen molar-refractivity contribution in [1.29, 1.82) is 0 Å². The lowest BCUT2D eigenvalue weighted by Gasteiger charge is -2.01. The molecule has 0 bridgehead atoms. The van der Waals surface area contributed by atoms with Gasteiger partial charge in [-0.15, -0.1) is 0 Å². The van der Waals surface area contributed by atoms with Gasteiger partial charge in [-0.25, -0.2) is 4.79 Å². The SMILES string of the molecule is COC(=O)c1ccc(C(=O)CCF)cc1. The Labute approximate surface area is 86.9 Å². The van der Waals surface area contributed by atoms with Gasteiger partial charge in [0, 0.05) is 12.0 Å². The molecule has 0 amide bonds. The third kappa shape index (κ3) is 2.87. The molecular formula is C11H11FO3. The van der Waals surface area contributed by atoms with Crippen molar-refractivity contribution >= 4 is 11.8 Å². The molecule has 0 aliphatic rings. The zero-order valence-corrected chi connectivity index (χ0v) is 8.33. The minimum Gasteiger partial charge on any atom is -0.465 e. The van der Waals surface area contributed by atoms with Gasteiger partial charge in [-0.1, -0.05) is 12.1 Å². The van der Waals surface area contributed by atoms with Crippen LogP contribution in [0, 0.1) is 0 Å². The highest BCUT2D eigenvalue weighted by Gasteiger charge is 2.08. The highest BCUT2D eigenvalue weighted by molar-refractivity contribution is 5.97. The first-order valence-corrected chi connectivity index (χ1v) is 4.46. The van der Waals surface area contributed by atoms with Gasteiger partial charge >= 0.3 is 5.97 Å². The molecule has 0 unspecified atom stereocenters. The number of benzene rings is 1. The van der Waals surface area contributed by atoms with Gasteiger partial charge in [0.15, 0.2) is 5.78 Å². The van der Waals surface area contributed by atoms with Crippen LogP contribution in [0.2, 0.25) is 0 Å². The third-order valence-corrected chi connectivity index (χ3v) is 1.95. The summed E-state index contributed by atoms with van der Waals surface area (Å²) in [5.74, 6) is -0.728. The quantitative estimate of drug-likeness (QED) is 0.564. The summed E-state index contributed by atoms with van der Waals surface area (Å²) in [6.07, 6.45) is -0.127. The molecule has 0 aliphatic carbocycles. The first-order chi connectivity index (χ1) is 7.19. The van der Waals surface area contributed by atoms with Crippen LogP contribution in [0.5, 0.6) is 0 Å². The van der Waals surface area contributed by atoms with Crippen molar-refractivity contribution in [2.75, 3.05) is 13.8 Å². The molecule has 3 nitrogen and oxygen atoms in total. The van der Waals surface area contributed by atoms with Crippen LogP contribution in [0.4, 0.5) is 4.39 Å². The van der Waals surface area contributed by atoms with Crippen molar-refractivity contribution < 1.29 is 18.7 Å². The molecule has 0 heterocycles. The number of alkyl halides is 1. The van der Waals surface area contributed by atoms with Crippen LogP contribution in [-0.4, -0.2) is 25.5 Å². The summed E-state index contributed by atoms with van der Waals surface area (Å²) in [6.45, 7) is -0.669. The van der Waals surface area contributed by atoms with E-state index in [2.05, 4.69) is 4.74 Å². The molecule has 0 saturated carbocycles. The molecule has 0 N–H and O–H groups in total. The minimum absolute atomic E-state index is 0.127. The zero-order valence-electron chi connectivity index (χ0n) is 8.33. The average Bonchev–Trinajstić information content (AvgIpc) is 2.28. The van der Waals surface area contributed by atoms with Crippen molar-refractivity contribution in [3.8, 4) is 0 Å². The third-order valence-electron chi connectivity index (χ3n) is 1.95. The number of carbonyl (C=O) groups is 2. The lowest BCUT2D eigenvalue weighted by Crippen LogP contribution is -2.03. The van der Waals surface area contributed by atoms with Crippen molar-refractivity contribution in [1.82, 2.24) is 0 Å². The Balaban J connectivity index is 2.80. The second kappa shape index (κ2) is 5.24. The maximum absolute atomic E-state index is 11.9. The molecular weight excluding hydrogens is 199 g/mol. The van der Waals surface area contributed by atoms with Gasteiger partial charge in [0.05, 0.1) is 19.3 Å². The van der Waals surface area contributed by atoms with Gasteiger partial charge in [-0.3, -0.25) is 9.18 Å². The smallest absolute Gasteiger partial charge is 0.337 e. The lowest BCUT2D eigenvalue weighted by molar-refractivity contribution is 0.0600. The molecule has 0 fully saturated rings. The molecule has 1 aromatic carbocycles. The number of methoxy groups -OCH3 is 1. The van der Waals surface area contributed by atoms with E-state index in [4.69, 9.17) is 0 Å². The molecule has 0 aromatic heterocycles. The first kappa shape index (κ1) is 11.4. The van der Waals surface area contributed by atoms with E-state index < -0.39 is 12.6 Å². The molecule has 0 spiro atoms. The van der Waals surface area contributed by atoms with Crippen LogP contribution in [-0.2, 0) is 4.74 Å². The Kier molecular flexibility index (Phi) is 3.97. The summed E-state index contributed by atoms with van der Waals surface area (Å²) < 4.78 is 16.4. The van der Waals surface area contributed by atoms with Crippen molar-refractivity contribution in [2.24, 2.45) is 0 Å². The van der Waals surface area contributed by atoms with Crippen LogP contribution >= 0.6 is 0 Å². The Hall–Kier alpha value is -1.71. The molecule has 0 radical (unpaired) electrons. The van der Waals surface area contributed by atoms with Gasteiger partial charge in [-0.2, -0.15) is 0 Å². The maximum atomic E-state index is 11.9. The van der Waals surface area contributed by atoms with Crippen LogP contribution in [0.3, 0.4) is 0 Å². The molecule has 0 aliphatic heterocycles. The predicted molar refractivity (Wildman–Crippen MR) is 52.7 cm³/mol. The van der Waals surface area contributed by atoms with E-state index in [0.29, 0.717) is 11.1 Å². The van der Waals surface area contributed by atoms with E-state index in [-0.39, 0.29) is 12.2 Å². The summed E-state index contributed by atoms with van der Waals surface area (Å²) in [7, 11) is 1.28. The van der Waals surface area contributed by atoms with E-state index in [9.17, 15) is 14.0 Å². The number of rotatable bonds is 4. The van der Waals surface area contributed by atoms with Crippen molar-refractivity contribution in [3.63, 3.8) is 0 Å². The van der Waals surface area contributed by atoms with Gasteiger partial charge in [0.1, 0.15) is 0 Å². The number of esters is 1. The largest absolute Gasteiger partial charge is 0.465 e. The van der Waals surface area contributed by atoms with E-state index >= 15 is 0 Å². The van der Waals surface area contributed by atoms with Crippen LogP contribution in [0.25, 0.3) is 0 Å². The number of ketones is 1. The summed E-state index contributed by atoms with van der Waals surface area (Å²) in [4.78, 5) is 22.3. The van der Waals surface area contributed by atoms with Crippen molar-refractivity contribution in [3.05, 3.63) is 35.4 Å². The molecule has 15 heavy (non-hydrogen) atoms. The van der Waals surface area contributed by atoms with E-state index in [0.717, 1.165) is 0 Å². The Morgan fingerprint density at radius 1 is 1.20 bits per heavy atom. The number of hydrogen-bond donors (Lipinski definition) is 0. The number of carbonyl (C=O) groups excluding carboxylic acids is 2. The molecule has 0 atom stereocenters. The Bertz CT molecular complexity index is 357. The first-order valence-electron chi connectivity index (χ1n) is 4.46. The second-order valence-electron chi connectivity index (χ2n) is 2.93. The highest BCUT2D eigenvalue weighted by atomic mass is 19.1. The van der Waals surface area contributed by atoms with Crippen LogP contribution < -0.4 is 0 Å². The topological polar surface area (TPSA) is 43.4 Å². The van der Waals surface area contributed by atoms with Crippen molar-refractivity contribution in [2.45, 2.75) is 6.42 Å². The van der Waals surface area contributed by atoms with Gasteiger partial charge in [0.2, 0.25) is 0 Å². The summed E-state index contributed by atoms with van der Waals surface area (Å²) in [6, 6.07) is 5.95. The number of Topliss-reactive ketones (excluding diaryl/α,β-unsaturated/α-hetero) is 1. The van der Waals surface area contributed by atoms with E-state index in [1.165, 1.54) is 31.4 Å². The van der Waals surface area contributed by atoms with E-state index in [1.807, 2.05) is 0 Å². The summed E-state index contributed by atoms with van der Waals surface area (Å²) in [5, 5.41) is 0. The van der Waals surface area contributed by atoms with Gasteiger partial charge in [-0.05, 0) is 12.1 Å². The monoisotopic (exact) mass is 210 g/mol. The lowest BCUT2D eigenvalue weighted by atomic mass is 10.1. The number of ether oxygens (including phenoxy) is 1. The predicted octanol–water partition coefficient (Wildman–Crippen LogP) is 2.02. The molecule has 1 aromatic rings. The normalized spacial score (nSPS) is 9.73. The summed E-state index contributed by atoms with van der Waals surface area (Å²) >= 11 is 0.